The first-order chi connectivity index (χ1) is 11.9. The lowest BCUT2D eigenvalue weighted by Gasteiger charge is -2.10. The van der Waals surface area contributed by atoms with Gasteiger partial charge in [0.15, 0.2) is 0 Å². The number of para-hydroxylation sites is 1. The monoisotopic (exact) mass is 384 g/mol. The van der Waals surface area contributed by atoms with Crippen LogP contribution in [0.3, 0.4) is 0 Å². The molecule has 0 saturated heterocycles. The van der Waals surface area contributed by atoms with Crippen molar-refractivity contribution < 1.29 is 9.18 Å². The molecule has 2 rings (SSSR count). The first-order valence-electron chi connectivity index (χ1n) is 7.54. The van der Waals surface area contributed by atoms with Gasteiger partial charge in [0.2, 0.25) is 17.2 Å². The molecule has 134 valence electrons. The number of aromatic nitrogens is 3. The molecule has 25 heavy (non-hydrogen) atoms. The number of carbonyl (C=O) groups excluding carboxylic acids is 1. The Hall–Kier alpha value is -2.13. The predicted molar refractivity (Wildman–Crippen MR) is 100.0 cm³/mol. The second-order valence-corrected chi connectivity index (χ2v) is 6.62. The number of anilines is 3. The van der Waals surface area contributed by atoms with Crippen LogP contribution < -0.4 is 16.0 Å². The molecule has 3 N–H and O–H groups in total. The number of carbonyl (C=O) groups is 1. The Kier molecular flexibility index (Phi) is 7.20. The van der Waals surface area contributed by atoms with Crippen LogP contribution in [0, 0.1) is 5.82 Å². The van der Waals surface area contributed by atoms with E-state index in [9.17, 15) is 9.18 Å². The van der Waals surface area contributed by atoms with E-state index >= 15 is 0 Å². The zero-order valence-corrected chi connectivity index (χ0v) is 15.3. The Morgan fingerprint density at radius 1 is 1.24 bits per heavy atom. The van der Waals surface area contributed by atoms with Crippen LogP contribution in [0.15, 0.2) is 24.3 Å². The van der Waals surface area contributed by atoms with Gasteiger partial charge < -0.3 is 16.0 Å². The molecule has 0 bridgehead atoms. The Morgan fingerprint density at radius 3 is 2.68 bits per heavy atom. The highest BCUT2D eigenvalue weighted by Crippen LogP contribution is 2.16. The van der Waals surface area contributed by atoms with Crippen molar-refractivity contribution in [2.24, 2.45) is 0 Å². The largest absolute Gasteiger partial charge is 0.353 e. The van der Waals surface area contributed by atoms with Crippen molar-refractivity contribution in [2.75, 3.05) is 28.2 Å². The molecule has 7 nitrogen and oxygen atoms in total. The summed E-state index contributed by atoms with van der Waals surface area (Å²) in [6.45, 7) is 4.34. The van der Waals surface area contributed by atoms with Gasteiger partial charge >= 0.3 is 0 Å². The molecule has 0 aliphatic rings. The molecule has 0 fully saturated rings. The van der Waals surface area contributed by atoms with E-state index in [1.165, 1.54) is 12.1 Å². The van der Waals surface area contributed by atoms with Crippen LogP contribution in [-0.4, -0.2) is 38.5 Å². The maximum Gasteiger partial charge on any atom is 0.283 e. The number of amides is 1. The van der Waals surface area contributed by atoms with Crippen LogP contribution in [0.5, 0.6) is 0 Å². The number of rotatable bonds is 7. The van der Waals surface area contributed by atoms with E-state index in [0.29, 0.717) is 24.2 Å². The topological polar surface area (TPSA) is 91.8 Å². The predicted octanol–water partition coefficient (Wildman–Crippen LogP) is 3.86. The summed E-state index contributed by atoms with van der Waals surface area (Å²) in [5.41, 5.74) is 0.154. The fraction of sp³-hybridized carbons (Fsp3) is 0.333. The number of nitrogens with zero attached hydrogens (tertiary/aromatic N) is 3. The number of nitrogens with one attached hydrogen (secondary N) is 3. The van der Waals surface area contributed by atoms with Gasteiger partial charge in [-0.1, -0.05) is 23.9 Å². The minimum atomic E-state index is -0.473. The maximum atomic E-state index is 13.4. The van der Waals surface area contributed by atoms with Gasteiger partial charge in [-0.15, -0.1) is 0 Å². The summed E-state index contributed by atoms with van der Waals surface area (Å²) in [4.78, 5) is 23.9. The molecule has 1 amide bonds. The zero-order valence-electron chi connectivity index (χ0n) is 13.7. The van der Waals surface area contributed by atoms with Gasteiger partial charge in [-0.3, -0.25) is 4.79 Å². The van der Waals surface area contributed by atoms with Gasteiger partial charge in [0.25, 0.3) is 5.24 Å². The van der Waals surface area contributed by atoms with Crippen molar-refractivity contribution in [1.29, 1.82) is 0 Å². The van der Waals surface area contributed by atoms with Crippen molar-refractivity contribution in [3.63, 3.8) is 0 Å². The first kappa shape index (κ1) is 19.2. The van der Waals surface area contributed by atoms with Gasteiger partial charge in [-0.05, 0) is 37.6 Å². The molecule has 2 aromatic rings. The molecule has 0 unspecified atom stereocenters. The van der Waals surface area contributed by atoms with E-state index in [4.69, 9.17) is 11.6 Å². The minimum Gasteiger partial charge on any atom is -0.353 e. The molecule has 0 atom stereocenters. The van der Waals surface area contributed by atoms with Crippen LogP contribution in [0.4, 0.5) is 26.8 Å². The summed E-state index contributed by atoms with van der Waals surface area (Å²) in [7, 11) is 0. The summed E-state index contributed by atoms with van der Waals surface area (Å²) in [6.07, 6.45) is 0. The molecule has 10 heteroatoms. The van der Waals surface area contributed by atoms with Crippen LogP contribution >= 0.6 is 23.4 Å². The summed E-state index contributed by atoms with van der Waals surface area (Å²) in [5.74, 6) is 0.663. The van der Waals surface area contributed by atoms with Crippen LogP contribution in [-0.2, 0) is 0 Å². The highest BCUT2D eigenvalue weighted by atomic mass is 35.5. The molecule has 0 aliphatic carbocycles. The van der Waals surface area contributed by atoms with Crippen molar-refractivity contribution in [3.05, 3.63) is 35.4 Å². The molecule has 0 radical (unpaired) electrons. The summed E-state index contributed by atoms with van der Waals surface area (Å²) < 4.78 is 13.4. The number of benzene rings is 1. The normalized spacial score (nSPS) is 10.6. The Labute approximate surface area is 154 Å². The molecular weight excluding hydrogens is 367 g/mol. The Balaban J connectivity index is 1.78. The van der Waals surface area contributed by atoms with Crippen molar-refractivity contribution in [3.8, 4) is 0 Å². The van der Waals surface area contributed by atoms with Gasteiger partial charge in [0.1, 0.15) is 5.82 Å². The number of thioether (sulfide) groups is 1. The second kappa shape index (κ2) is 9.38. The maximum absolute atomic E-state index is 13.4. The van der Waals surface area contributed by atoms with Crippen LogP contribution in [0.1, 0.15) is 13.8 Å². The summed E-state index contributed by atoms with van der Waals surface area (Å²) in [5, 5.41) is 8.23. The van der Waals surface area contributed by atoms with Crippen molar-refractivity contribution in [2.45, 2.75) is 19.9 Å². The zero-order chi connectivity index (χ0) is 18.2. The summed E-state index contributed by atoms with van der Waals surface area (Å²) >= 11 is 6.87. The van der Waals surface area contributed by atoms with E-state index in [-0.39, 0.29) is 22.3 Å². The lowest BCUT2D eigenvalue weighted by molar-refractivity contribution is 0.269. The number of hydrogen-bond donors (Lipinski definition) is 3. The van der Waals surface area contributed by atoms with Crippen LogP contribution in [0.25, 0.3) is 0 Å². The first-order valence-corrected chi connectivity index (χ1v) is 8.90. The van der Waals surface area contributed by atoms with Crippen molar-refractivity contribution in [1.82, 2.24) is 15.0 Å². The van der Waals surface area contributed by atoms with Crippen molar-refractivity contribution >= 4 is 46.2 Å². The van der Waals surface area contributed by atoms with E-state index in [1.807, 2.05) is 13.8 Å². The molecule has 0 spiro atoms. The quantitative estimate of drug-likeness (QED) is 0.624. The molecule has 1 aromatic carbocycles. The SMILES string of the molecule is CC(C)Nc1nc(Cl)nc(NCCSC(=O)Nc2ccccc2F)n1. The second-order valence-electron chi connectivity index (χ2n) is 5.22. The lowest BCUT2D eigenvalue weighted by atomic mass is 10.3. The molecule has 1 heterocycles. The van der Waals surface area contributed by atoms with Gasteiger partial charge in [-0.25, -0.2) is 4.39 Å². The number of halogens is 2. The fourth-order valence-corrected chi connectivity index (χ4v) is 2.50. The van der Waals surface area contributed by atoms with E-state index in [1.54, 1.807) is 12.1 Å². The fourth-order valence-electron chi connectivity index (χ4n) is 1.77. The molecular formula is C15H18ClFN6OS. The standard InChI is InChI=1S/C15H18ClFN6OS/c1-9(2)19-14-22-12(16)21-13(23-14)18-7-8-25-15(24)20-11-6-4-3-5-10(11)17/h3-6,9H,7-8H2,1-2H3,(H,20,24)(H2,18,19,21,22,23). The Morgan fingerprint density at radius 2 is 1.96 bits per heavy atom. The Bertz CT molecular complexity index is 733. The third-order valence-electron chi connectivity index (χ3n) is 2.75. The smallest absolute Gasteiger partial charge is 0.283 e. The molecule has 1 aromatic heterocycles. The summed E-state index contributed by atoms with van der Waals surface area (Å²) in [6, 6.07) is 6.16. The van der Waals surface area contributed by atoms with E-state index in [0.717, 1.165) is 11.8 Å². The van der Waals surface area contributed by atoms with E-state index < -0.39 is 5.82 Å². The molecule has 0 aliphatic heterocycles. The van der Waals surface area contributed by atoms with Crippen LogP contribution in [0.2, 0.25) is 5.28 Å². The highest BCUT2D eigenvalue weighted by Gasteiger charge is 2.08. The average Bonchev–Trinajstić information content (AvgIpc) is 2.52. The van der Waals surface area contributed by atoms with Gasteiger partial charge in [0.05, 0.1) is 5.69 Å². The lowest BCUT2D eigenvalue weighted by Crippen LogP contribution is -2.16. The molecule has 0 saturated carbocycles. The highest BCUT2D eigenvalue weighted by molar-refractivity contribution is 8.13. The third-order valence-corrected chi connectivity index (χ3v) is 3.70. The minimum absolute atomic E-state index is 0.0746. The van der Waals surface area contributed by atoms with Gasteiger partial charge in [-0.2, -0.15) is 15.0 Å². The van der Waals surface area contributed by atoms with E-state index in [2.05, 4.69) is 30.9 Å². The third kappa shape index (κ3) is 6.71. The van der Waals surface area contributed by atoms with Gasteiger partial charge in [0, 0.05) is 18.3 Å². The number of hydrogen-bond acceptors (Lipinski definition) is 7. The average molecular weight is 385 g/mol.